The zero-order valence-corrected chi connectivity index (χ0v) is 11.7. The number of hydrogen-bond acceptors (Lipinski definition) is 4. The minimum absolute atomic E-state index is 0.303. The Morgan fingerprint density at radius 3 is 2.89 bits per heavy atom. The number of nitrogens with two attached hydrogens (primary N) is 1. The lowest BCUT2D eigenvalue weighted by atomic mass is 10.2. The molecule has 1 fully saturated rings. The summed E-state index contributed by atoms with van der Waals surface area (Å²) in [6.45, 7) is 5.98. The van der Waals surface area contributed by atoms with Crippen molar-refractivity contribution in [2.24, 2.45) is 5.73 Å². The van der Waals surface area contributed by atoms with Crippen molar-refractivity contribution in [3.05, 3.63) is 18.2 Å². The van der Waals surface area contributed by atoms with E-state index in [0.717, 1.165) is 19.6 Å². The van der Waals surface area contributed by atoms with E-state index in [1.54, 1.807) is 0 Å². The van der Waals surface area contributed by atoms with E-state index in [1.807, 2.05) is 12.5 Å². The van der Waals surface area contributed by atoms with Crippen molar-refractivity contribution < 1.29 is 0 Å². The lowest BCUT2D eigenvalue weighted by Crippen LogP contribution is -2.36. The molecule has 2 N–H and O–H groups in total. The standard InChI is InChI=1S/C13H25N5/c1-4-17-10-15-8-13(17)12(7-14)18-6-5-11(9-18)16(2)3/h8,10-12H,4-7,9,14H2,1-3H3. The Morgan fingerprint density at radius 1 is 1.56 bits per heavy atom. The average Bonchev–Trinajstić information content (AvgIpc) is 2.98. The number of likely N-dealkylation sites (N-methyl/N-ethyl adjacent to an activating group) is 1. The zero-order valence-electron chi connectivity index (χ0n) is 11.7. The first kappa shape index (κ1) is 13.5. The highest BCUT2D eigenvalue weighted by Crippen LogP contribution is 2.25. The van der Waals surface area contributed by atoms with E-state index >= 15 is 0 Å². The fourth-order valence-electron chi connectivity index (χ4n) is 2.80. The van der Waals surface area contributed by atoms with Crippen molar-refractivity contribution >= 4 is 0 Å². The molecule has 2 rings (SSSR count). The van der Waals surface area contributed by atoms with Crippen LogP contribution in [0.5, 0.6) is 0 Å². The molecule has 0 saturated carbocycles. The maximum atomic E-state index is 5.99. The molecule has 1 aliphatic heterocycles. The Hall–Kier alpha value is -0.910. The van der Waals surface area contributed by atoms with Gasteiger partial charge in [0.05, 0.1) is 18.1 Å². The van der Waals surface area contributed by atoms with E-state index in [2.05, 4.69) is 40.4 Å². The molecule has 1 saturated heterocycles. The van der Waals surface area contributed by atoms with Crippen LogP contribution in [0.4, 0.5) is 0 Å². The van der Waals surface area contributed by atoms with Crippen LogP contribution in [-0.4, -0.2) is 59.1 Å². The number of imidazole rings is 1. The summed E-state index contributed by atoms with van der Waals surface area (Å²) in [5, 5.41) is 0. The van der Waals surface area contributed by atoms with Gasteiger partial charge in [0.1, 0.15) is 0 Å². The molecule has 2 atom stereocenters. The van der Waals surface area contributed by atoms with E-state index in [-0.39, 0.29) is 0 Å². The number of aromatic nitrogens is 2. The summed E-state index contributed by atoms with van der Waals surface area (Å²) in [5.41, 5.74) is 7.24. The Kier molecular flexibility index (Phi) is 4.37. The largest absolute Gasteiger partial charge is 0.333 e. The van der Waals surface area contributed by atoms with Crippen LogP contribution in [0, 0.1) is 0 Å². The van der Waals surface area contributed by atoms with Crippen LogP contribution in [0.2, 0.25) is 0 Å². The van der Waals surface area contributed by atoms with Crippen LogP contribution in [0.25, 0.3) is 0 Å². The highest BCUT2D eigenvalue weighted by molar-refractivity contribution is 5.08. The van der Waals surface area contributed by atoms with Crippen LogP contribution in [0.1, 0.15) is 25.1 Å². The molecule has 5 nitrogen and oxygen atoms in total. The lowest BCUT2D eigenvalue weighted by Gasteiger charge is -2.28. The summed E-state index contributed by atoms with van der Waals surface area (Å²) < 4.78 is 2.19. The topological polar surface area (TPSA) is 50.3 Å². The summed E-state index contributed by atoms with van der Waals surface area (Å²) in [6.07, 6.45) is 5.09. The molecule has 2 heterocycles. The van der Waals surface area contributed by atoms with Gasteiger partial charge in [-0.3, -0.25) is 4.90 Å². The van der Waals surface area contributed by atoms with Crippen molar-refractivity contribution in [1.82, 2.24) is 19.4 Å². The van der Waals surface area contributed by atoms with E-state index in [1.165, 1.54) is 12.1 Å². The molecular formula is C13H25N5. The summed E-state index contributed by atoms with van der Waals surface area (Å²) in [4.78, 5) is 9.06. The third kappa shape index (κ3) is 2.58. The second-order valence-electron chi connectivity index (χ2n) is 5.26. The van der Waals surface area contributed by atoms with Gasteiger partial charge < -0.3 is 15.2 Å². The Morgan fingerprint density at radius 2 is 2.33 bits per heavy atom. The minimum Gasteiger partial charge on any atom is -0.333 e. The van der Waals surface area contributed by atoms with Crippen LogP contribution < -0.4 is 5.73 Å². The van der Waals surface area contributed by atoms with Crippen LogP contribution in [0.3, 0.4) is 0 Å². The zero-order chi connectivity index (χ0) is 13.1. The monoisotopic (exact) mass is 251 g/mol. The molecule has 102 valence electrons. The van der Waals surface area contributed by atoms with E-state index in [9.17, 15) is 0 Å². The van der Waals surface area contributed by atoms with Gasteiger partial charge in [0.2, 0.25) is 0 Å². The fraction of sp³-hybridized carbons (Fsp3) is 0.769. The maximum Gasteiger partial charge on any atom is 0.0948 e. The van der Waals surface area contributed by atoms with Gasteiger partial charge in [0, 0.05) is 38.4 Å². The normalized spacial score (nSPS) is 22.8. The number of rotatable bonds is 5. The molecule has 1 aromatic heterocycles. The first-order valence-corrected chi connectivity index (χ1v) is 6.78. The summed E-state index contributed by atoms with van der Waals surface area (Å²) in [7, 11) is 4.31. The summed E-state index contributed by atoms with van der Waals surface area (Å²) >= 11 is 0. The smallest absolute Gasteiger partial charge is 0.0948 e. The molecule has 0 aromatic carbocycles. The molecule has 0 amide bonds. The highest BCUT2D eigenvalue weighted by Gasteiger charge is 2.30. The first-order valence-electron chi connectivity index (χ1n) is 6.78. The van der Waals surface area contributed by atoms with Gasteiger partial charge in [-0.2, -0.15) is 0 Å². The van der Waals surface area contributed by atoms with Crippen molar-refractivity contribution in [3.63, 3.8) is 0 Å². The first-order chi connectivity index (χ1) is 8.67. The molecule has 0 aliphatic carbocycles. The molecular weight excluding hydrogens is 226 g/mol. The SMILES string of the molecule is CCn1cncc1C(CN)N1CCC(N(C)C)C1. The number of aryl methyl sites for hydroxylation is 1. The van der Waals surface area contributed by atoms with Gasteiger partial charge in [0.15, 0.2) is 0 Å². The predicted molar refractivity (Wildman–Crippen MR) is 73.4 cm³/mol. The lowest BCUT2D eigenvalue weighted by molar-refractivity contribution is 0.214. The molecule has 2 unspecified atom stereocenters. The third-order valence-electron chi connectivity index (χ3n) is 4.02. The van der Waals surface area contributed by atoms with Crippen molar-refractivity contribution in [2.45, 2.75) is 32.0 Å². The second kappa shape index (κ2) is 5.82. The summed E-state index contributed by atoms with van der Waals surface area (Å²) in [6, 6.07) is 0.953. The molecule has 5 heteroatoms. The fourth-order valence-corrected chi connectivity index (χ4v) is 2.80. The Labute approximate surface area is 110 Å². The third-order valence-corrected chi connectivity index (χ3v) is 4.02. The summed E-state index contributed by atoms with van der Waals surface area (Å²) in [5.74, 6) is 0. The molecule has 0 spiro atoms. The van der Waals surface area contributed by atoms with Crippen molar-refractivity contribution in [3.8, 4) is 0 Å². The Bertz CT molecular complexity index is 373. The van der Waals surface area contributed by atoms with Gasteiger partial charge in [-0.15, -0.1) is 0 Å². The second-order valence-corrected chi connectivity index (χ2v) is 5.26. The maximum absolute atomic E-state index is 5.99. The van der Waals surface area contributed by atoms with Gasteiger partial charge >= 0.3 is 0 Å². The Balaban J connectivity index is 2.10. The molecule has 1 aliphatic rings. The van der Waals surface area contributed by atoms with Gasteiger partial charge in [-0.25, -0.2) is 4.98 Å². The van der Waals surface area contributed by atoms with Gasteiger partial charge in [-0.05, 0) is 27.4 Å². The molecule has 1 aromatic rings. The van der Waals surface area contributed by atoms with E-state index < -0.39 is 0 Å². The van der Waals surface area contributed by atoms with Crippen LogP contribution in [-0.2, 0) is 6.54 Å². The van der Waals surface area contributed by atoms with Gasteiger partial charge in [-0.1, -0.05) is 0 Å². The van der Waals surface area contributed by atoms with Crippen molar-refractivity contribution in [1.29, 1.82) is 0 Å². The van der Waals surface area contributed by atoms with Crippen LogP contribution >= 0.6 is 0 Å². The number of nitrogens with zero attached hydrogens (tertiary/aromatic N) is 4. The highest BCUT2D eigenvalue weighted by atomic mass is 15.3. The molecule has 18 heavy (non-hydrogen) atoms. The van der Waals surface area contributed by atoms with E-state index in [0.29, 0.717) is 18.6 Å². The predicted octanol–water partition coefficient (Wildman–Crippen LogP) is 0.539. The van der Waals surface area contributed by atoms with E-state index in [4.69, 9.17) is 5.73 Å². The molecule has 0 bridgehead atoms. The van der Waals surface area contributed by atoms with Crippen molar-refractivity contribution in [2.75, 3.05) is 33.7 Å². The quantitative estimate of drug-likeness (QED) is 0.830. The average molecular weight is 251 g/mol. The minimum atomic E-state index is 0.303. The number of likely N-dealkylation sites (tertiary alicyclic amines) is 1. The number of hydrogen-bond donors (Lipinski definition) is 1. The van der Waals surface area contributed by atoms with Gasteiger partial charge in [0.25, 0.3) is 0 Å². The van der Waals surface area contributed by atoms with Crippen LogP contribution in [0.15, 0.2) is 12.5 Å². The molecule has 0 radical (unpaired) electrons.